The van der Waals surface area contributed by atoms with E-state index in [0.29, 0.717) is 47.1 Å². The van der Waals surface area contributed by atoms with Gasteiger partial charge in [-0.15, -0.1) is 0 Å². The zero-order chi connectivity index (χ0) is 35.3. The first-order chi connectivity index (χ1) is 24.3. The Morgan fingerprint density at radius 3 is 2.18 bits per heavy atom. The first kappa shape index (κ1) is 36.6. The van der Waals surface area contributed by atoms with Gasteiger partial charge in [0.25, 0.3) is 11.8 Å². The van der Waals surface area contributed by atoms with Crippen molar-refractivity contribution < 1.29 is 23.8 Å². The summed E-state index contributed by atoms with van der Waals surface area (Å²) in [6.07, 6.45) is 9.39. The van der Waals surface area contributed by atoms with Crippen LogP contribution in [0.1, 0.15) is 101 Å². The minimum absolute atomic E-state index is 0.0506. The Balaban J connectivity index is 0.864. The van der Waals surface area contributed by atoms with E-state index >= 15 is 0 Å². The molecule has 0 spiro atoms. The van der Waals surface area contributed by atoms with Crippen molar-refractivity contribution in [3.8, 4) is 0 Å². The smallest absolute Gasteiger partial charge is 0.263 e. The summed E-state index contributed by atoms with van der Waals surface area (Å²) in [6.45, 7) is 3.15. The van der Waals surface area contributed by atoms with Gasteiger partial charge in [-0.2, -0.15) is 0 Å². The number of aryl methyl sites for hydroxylation is 1. The minimum atomic E-state index is -0.207. The number of hydrogen-bond donors (Lipinski definition) is 3. The molecular formula is C38H41N5O5S2. The molecule has 1 aliphatic rings. The molecule has 1 fully saturated rings. The summed E-state index contributed by atoms with van der Waals surface area (Å²) in [6, 6.07) is 18.9. The highest BCUT2D eigenvalue weighted by Gasteiger charge is 2.22. The summed E-state index contributed by atoms with van der Waals surface area (Å²) < 4.78 is 5.37. The number of aromatic nitrogens is 2. The molecule has 12 heteroatoms. The van der Waals surface area contributed by atoms with Gasteiger partial charge in [0.1, 0.15) is 15.4 Å². The zero-order valence-electron chi connectivity index (χ0n) is 28.1. The summed E-state index contributed by atoms with van der Waals surface area (Å²) in [7, 11) is 0. The molecule has 1 aliphatic heterocycles. The number of benzene rings is 3. The Morgan fingerprint density at radius 1 is 0.800 bits per heavy atom. The average Bonchev–Trinajstić information content (AvgIpc) is 3.74. The number of unbranched alkanes of at least 4 members (excludes halogenated alkanes) is 5. The standard InChI is InChI=1S/C38H41N5O5S2/c1-25-11-16-30(35-34(25)42-48-43-35)23-26-12-17-28(18-13-26)31(44)9-5-2-3-6-10-33(45)39-21-7-4-8-22-40-36(46)29-19-14-27(15-20-29)24-32-37(47)41-38(49)50-32/h11-20,24H,2-10,21-23H2,1H3,(H,39,45)(H,40,46)(H,41,47,49)/b32-24-. The van der Waals surface area contributed by atoms with Gasteiger partial charge in [-0.25, -0.2) is 4.63 Å². The van der Waals surface area contributed by atoms with Gasteiger partial charge in [0, 0.05) is 37.1 Å². The highest BCUT2D eigenvalue weighted by Crippen LogP contribution is 2.26. The number of rotatable bonds is 18. The van der Waals surface area contributed by atoms with E-state index in [2.05, 4.69) is 26.3 Å². The lowest BCUT2D eigenvalue weighted by atomic mass is 9.98. The molecule has 4 aromatic rings. The number of hydrogen-bond acceptors (Lipinski definition) is 9. The number of ketones is 1. The largest absolute Gasteiger partial charge is 0.356 e. The minimum Gasteiger partial charge on any atom is -0.356 e. The number of thioether (sulfide) groups is 1. The number of carbonyl (C=O) groups is 4. The van der Waals surface area contributed by atoms with E-state index in [1.165, 1.54) is 11.8 Å². The van der Waals surface area contributed by atoms with Crippen molar-refractivity contribution in [2.75, 3.05) is 13.1 Å². The van der Waals surface area contributed by atoms with E-state index in [9.17, 15) is 19.2 Å². The van der Waals surface area contributed by atoms with Crippen molar-refractivity contribution in [1.29, 1.82) is 0 Å². The number of amides is 3. The van der Waals surface area contributed by atoms with Crippen LogP contribution >= 0.6 is 24.0 Å². The first-order valence-corrected chi connectivity index (χ1v) is 18.2. The van der Waals surface area contributed by atoms with Crippen LogP contribution in [-0.4, -0.2) is 51.2 Å². The molecule has 10 nitrogen and oxygen atoms in total. The fourth-order valence-electron chi connectivity index (χ4n) is 5.63. The molecule has 0 aliphatic carbocycles. The Hall–Kier alpha value is -4.68. The molecule has 0 atom stereocenters. The van der Waals surface area contributed by atoms with E-state index < -0.39 is 0 Å². The van der Waals surface area contributed by atoms with Crippen molar-refractivity contribution >= 4 is 68.9 Å². The van der Waals surface area contributed by atoms with Gasteiger partial charge in [0.15, 0.2) is 5.78 Å². The second-order valence-electron chi connectivity index (χ2n) is 12.4. The van der Waals surface area contributed by atoms with Gasteiger partial charge in [0.2, 0.25) is 5.91 Å². The normalized spacial score (nSPS) is 13.5. The third kappa shape index (κ3) is 10.7. The van der Waals surface area contributed by atoms with Crippen LogP contribution in [0.3, 0.4) is 0 Å². The quantitative estimate of drug-likeness (QED) is 0.0437. The van der Waals surface area contributed by atoms with Crippen LogP contribution in [0.2, 0.25) is 0 Å². The fraction of sp³-hybridized carbons (Fsp3) is 0.342. The SMILES string of the molecule is Cc1ccc(Cc2ccc(C(=O)CCCCCCC(=O)NCCCCCNC(=O)c3ccc(/C=C4\SC(=S)NC4=O)cc3)cc2)c2nonc12. The van der Waals surface area contributed by atoms with Crippen molar-refractivity contribution in [2.24, 2.45) is 0 Å². The lowest BCUT2D eigenvalue weighted by Gasteiger charge is -2.07. The van der Waals surface area contributed by atoms with Gasteiger partial charge in [-0.1, -0.05) is 85.4 Å². The van der Waals surface area contributed by atoms with Crippen LogP contribution in [-0.2, 0) is 16.0 Å². The summed E-state index contributed by atoms with van der Waals surface area (Å²) >= 11 is 6.22. The summed E-state index contributed by atoms with van der Waals surface area (Å²) in [5.41, 5.74) is 6.80. The van der Waals surface area contributed by atoms with Crippen LogP contribution in [0, 0.1) is 6.92 Å². The van der Waals surface area contributed by atoms with E-state index in [1.807, 2.05) is 43.3 Å². The van der Waals surface area contributed by atoms with E-state index in [1.54, 1.807) is 30.3 Å². The van der Waals surface area contributed by atoms with E-state index in [0.717, 1.165) is 83.8 Å². The highest BCUT2D eigenvalue weighted by atomic mass is 32.2. The van der Waals surface area contributed by atoms with E-state index in [-0.39, 0.29) is 23.5 Å². The summed E-state index contributed by atoms with van der Waals surface area (Å²) in [5, 5.41) is 16.5. The van der Waals surface area contributed by atoms with Crippen molar-refractivity contribution in [2.45, 2.75) is 71.1 Å². The van der Waals surface area contributed by atoms with Crippen LogP contribution < -0.4 is 16.0 Å². The van der Waals surface area contributed by atoms with Crippen LogP contribution in [0.4, 0.5) is 0 Å². The molecule has 1 saturated heterocycles. The molecule has 0 unspecified atom stereocenters. The molecule has 3 aromatic carbocycles. The van der Waals surface area contributed by atoms with Gasteiger partial charge in [0.05, 0.1) is 4.91 Å². The van der Waals surface area contributed by atoms with Crippen LogP contribution in [0.25, 0.3) is 17.1 Å². The molecule has 2 heterocycles. The number of carbonyl (C=O) groups excluding carboxylic acids is 4. The second-order valence-corrected chi connectivity index (χ2v) is 14.1. The maximum atomic E-state index is 12.7. The molecule has 3 N–H and O–H groups in total. The topological polar surface area (TPSA) is 143 Å². The number of Topliss-reactive ketones (excluding diaryl/α,β-unsaturated/α-hetero) is 1. The average molecular weight is 712 g/mol. The predicted octanol–water partition coefficient (Wildman–Crippen LogP) is 6.85. The second kappa shape index (κ2) is 18.4. The monoisotopic (exact) mass is 711 g/mol. The zero-order valence-corrected chi connectivity index (χ0v) is 29.7. The molecular weight excluding hydrogens is 671 g/mol. The van der Waals surface area contributed by atoms with Crippen LogP contribution in [0.15, 0.2) is 70.2 Å². The molecule has 0 bridgehead atoms. The summed E-state index contributed by atoms with van der Waals surface area (Å²) in [4.78, 5) is 49.7. The third-order valence-corrected chi connectivity index (χ3v) is 9.67. The van der Waals surface area contributed by atoms with Gasteiger partial charge in [-0.3, -0.25) is 19.2 Å². The number of thiocarbonyl (C=S) groups is 1. The van der Waals surface area contributed by atoms with Crippen LogP contribution in [0.5, 0.6) is 0 Å². The molecule has 50 heavy (non-hydrogen) atoms. The Labute approximate surface area is 301 Å². The number of nitrogens with zero attached hydrogens (tertiary/aromatic N) is 2. The number of nitrogens with one attached hydrogen (secondary N) is 3. The summed E-state index contributed by atoms with van der Waals surface area (Å²) in [5.74, 6) is -0.166. The highest BCUT2D eigenvalue weighted by molar-refractivity contribution is 8.26. The maximum Gasteiger partial charge on any atom is 0.263 e. The molecule has 1 aromatic heterocycles. The van der Waals surface area contributed by atoms with Crippen molar-refractivity contribution in [3.05, 3.63) is 98.9 Å². The fourth-order valence-corrected chi connectivity index (χ4v) is 6.68. The molecule has 260 valence electrons. The maximum absolute atomic E-state index is 12.7. The Bertz CT molecular complexity index is 1870. The van der Waals surface area contributed by atoms with Crippen molar-refractivity contribution in [3.63, 3.8) is 0 Å². The lowest BCUT2D eigenvalue weighted by molar-refractivity contribution is -0.121. The van der Waals surface area contributed by atoms with E-state index in [4.69, 9.17) is 16.8 Å². The van der Waals surface area contributed by atoms with Gasteiger partial charge < -0.3 is 16.0 Å². The Morgan fingerprint density at radius 2 is 1.46 bits per heavy atom. The Kier molecular flexibility index (Phi) is 13.4. The van der Waals surface area contributed by atoms with Gasteiger partial charge in [-0.05, 0) is 96.2 Å². The molecule has 5 rings (SSSR count). The third-order valence-electron chi connectivity index (χ3n) is 8.50. The first-order valence-electron chi connectivity index (χ1n) is 17.0. The molecule has 0 radical (unpaired) electrons. The van der Waals surface area contributed by atoms with Gasteiger partial charge >= 0.3 is 0 Å². The molecule has 3 amide bonds. The molecule has 0 saturated carbocycles. The lowest BCUT2D eigenvalue weighted by Crippen LogP contribution is -2.25. The predicted molar refractivity (Wildman–Crippen MR) is 200 cm³/mol. The van der Waals surface area contributed by atoms with Crippen molar-refractivity contribution in [1.82, 2.24) is 26.3 Å². The number of fused-ring (bicyclic) bond motifs is 1.